The highest BCUT2D eigenvalue weighted by atomic mass is 19.1. The fourth-order valence-corrected chi connectivity index (χ4v) is 2.16. The number of nitrogens with two attached hydrogens (primary N) is 1. The van der Waals surface area contributed by atoms with Crippen molar-refractivity contribution in [3.8, 4) is 5.75 Å². The zero-order valence-corrected chi connectivity index (χ0v) is 12.1. The van der Waals surface area contributed by atoms with Gasteiger partial charge in [-0.2, -0.15) is 0 Å². The van der Waals surface area contributed by atoms with E-state index in [0.29, 0.717) is 5.92 Å². The van der Waals surface area contributed by atoms with Crippen molar-refractivity contribution in [2.45, 2.75) is 25.8 Å². The molecule has 0 bridgehead atoms. The lowest BCUT2D eigenvalue weighted by Gasteiger charge is -2.15. The van der Waals surface area contributed by atoms with Gasteiger partial charge in [0.15, 0.2) is 11.6 Å². The molecule has 0 saturated heterocycles. The zero-order chi connectivity index (χ0) is 14.7. The van der Waals surface area contributed by atoms with Crippen molar-refractivity contribution in [1.82, 2.24) is 0 Å². The van der Waals surface area contributed by atoms with Crippen molar-refractivity contribution in [2.24, 2.45) is 5.73 Å². The molecule has 0 spiro atoms. The molecule has 2 aromatic rings. The van der Waals surface area contributed by atoms with Gasteiger partial charge in [0.25, 0.3) is 0 Å². The molecule has 0 heterocycles. The molecule has 20 heavy (non-hydrogen) atoms. The van der Waals surface area contributed by atoms with Crippen LogP contribution in [0.2, 0.25) is 0 Å². The number of methoxy groups -OCH3 is 1. The Morgan fingerprint density at radius 1 is 0.950 bits per heavy atom. The van der Waals surface area contributed by atoms with Crippen LogP contribution in [0.3, 0.4) is 0 Å². The Labute approximate surface area is 119 Å². The molecular formula is C17H20FNO. The van der Waals surface area contributed by atoms with Crippen LogP contribution in [0.1, 0.15) is 42.5 Å². The molecule has 0 aliphatic rings. The van der Waals surface area contributed by atoms with Gasteiger partial charge in [0.1, 0.15) is 0 Å². The fourth-order valence-electron chi connectivity index (χ4n) is 2.16. The maximum absolute atomic E-state index is 13.7. The maximum Gasteiger partial charge on any atom is 0.165 e. The van der Waals surface area contributed by atoms with E-state index in [9.17, 15) is 4.39 Å². The van der Waals surface area contributed by atoms with Crippen LogP contribution < -0.4 is 10.5 Å². The van der Waals surface area contributed by atoms with Crippen LogP contribution in [0.4, 0.5) is 4.39 Å². The first-order chi connectivity index (χ1) is 9.52. The van der Waals surface area contributed by atoms with Crippen molar-refractivity contribution in [1.29, 1.82) is 0 Å². The van der Waals surface area contributed by atoms with Crippen LogP contribution in [-0.2, 0) is 0 Å². The lowest BCUT2D eigenvalue weighted by Crippen LogP contribution is -2.12. The predicted molar refractivity (Wildman–Crippen MR) is 79.5 cm³/mol. The summed E-state index contributed by atoms with van der Waals surface area (Å²) in [6.07, 6.45) is 0. The Balaban J connectivity index is 2.26. The lowest BCUT2D eigenvalue weighted by atomic mass is 9.96. The van der Waals surface area contributed by atoms with E-state index in [4.69, 9.17) is 10.5 Å². The van der Waals surface area contributed by atoms with E-state index < -0.39 is 0 Å². The average molecular weight is 273 g/mol. The van der Waals surface area contributed by atoms with Gasteiger partial charge in [0, 0.05) is 0 Å². The van der Waals surface area contributed by atoms with Crippen LogP contribution in [0, 0.1) is 5.82 Å². The van der Waals surface area contributed by atoms with Gasteiger partial charge in [0.2, 0.25) is 0 Å². The predicted octanol–water partition coefficient (Wildman–Crippen LogP) is 4.01. The summed E-state index contributed by atoms with van der Waals surface area (Å²) in [7, 11) is 1.45. The third kappa shape index (κ3) is 2.99. The molecule has 0 aliphatic heterocycles. The molecule has 0 radical (unpaired) electrons. The smallest absolute Gasteiger partial charge is 0.165 e. The topological polar surface area (TPSA) is 35.2 Å². The molecule has 0 aliphatic carbocycles. The molecule has 2 N–H and O–H groups in total. The number of hydrogen-bond acceptors (Lipinski definition) is 2. The first-order valence-corrected chi connectivity index (χ1v) is 6.71. The summed E-state index contributed by atoms with van der Waals surface area (Å²) in [6, 6.07) is 12.6. The average Bonchev–Trinajstić information content (AvgIpc) is 2.46. The minimum Gasteiger partial charge on any atom is -0.494 e. The highest BCUT2D eigenvalue weighted by Crippen LogP contribution is 2.25. The second-order valence-corrected chi connectivity index (χ2v) is 5.19. The summed E-state index contributed by atoms with van der Waals surface area (Å²) < 4.78 is 18.6. The zero-order valence-electron chi connectivity index (χ0n) is 12.1. The van der Waals surface area contributed by atoms with Gasteiger partial charge in [-0.1, -0.05) is 44.2 Å². The van der Waals surface area contributed by atoms with Gasteiger partial charge in [-0.05, 0) is 34.7 Å². The van der Waals surface area contributed by atoms with Crippen LogP contribution in [0.5, 0.6) is 5.75 Å². The summed E-state index contributed by atoms with van der Waals surface area (Å²) in [6.45, 7) is 4.29. The fraction of sp³-hybridized carbons (Fsp3) is 0.294. The van der Waals surface area contributed by atoms with E-state index in [0.717, 1.165) is 11.1 Å². The number of ether oxygens (including phenoxy) is 1. The minimum atomic E-state index is -0.390. The summed E-state index contributed by atoms with van der Waals surface area (Å²) in [5.41, 5.74) is 9.17. The number of halogens is 1. The second kappa shape index (κ2) is 6.06. The minimum absolute atomic E-state index is 0.233. The molecule has 2 nitrogen and oxygen atoms in total. The van der Waals surface area contributed by atoms with Gasteiger partial charge < -0.3 is 10.5 Å². The Hall–Kier alpha value is -1.87. The normalized spacial score (nSPS) is 12.5. The molecule has 106 valence electrons. The van der Waals surface area contributed by atoms with Gasteiger partial charge >= 0.3 is 0 Å². The van der Waals surface area contributed by atoms with E-state index in [-0.39, 0.29) is 17.6 Å². The Morgan fingerprint density at radius 3 is 2.00 bits per heavy atom. The van der Waals surface area contributed by atoms with E-state index in [1.54, 1.807) is 12.1 Å². The van der Waals surface area contributed by atoms with Crippen molar-refractivity contribution >= 4 is 0 Å². The SMILES string of the molecule is COc1ccc(C(N)c2ccc(C(C)C)cc2)cc1F. The summed E-state index contributed by atoms with van der Waals surface area (Å²) in [5, 5.41) is 0. The van der Waals surface area contributed by atoms with E-state index in [2.05, 4.69) is 26.0 Å². The highest BCUT2D eigenvalue weighted by molar-refractivity contribution is 5.37. The quantitative estimate of drug-likeness (QED) is 0.913. The van der Waals surface area contributed by atoms with E-state index in [1.165, 1.54) is 18.7 Å². The summed E-state index contributed by atoms with van der Waals surface area (Å²) in [4.78, 5) is 0. The maximum atomic E-state index is 13.7. The van der Waals surface area contributed by atoms with Gasteiger partial charge in [-0.3, -0.25) is 0 Å². The molecule has 0 saturated carbocycles. The third-order valence-electron chi connectivity index (χ3n) is 3.50. The number of rotatable bonds is 4. The molecule has 0 aromatic heterocycles. The van der Waals surface area contributed by atoms with Crippen molar-refractivity contribution < 1.29 is 9.13 Å². The van der Waals surface area contributed by atoms with Gasteiger partial charge in [-0.25, -0.2) is 4.39 Å². The molecule has 1 unspecified atom stereocenters. The van der Waals surface area contributed by atoms with Gasteiger partial charge in [-0.15, -0.1) is 0 Å². The van der Waals surface area contributed by atoms with Crippen LogP contribution in [0.15, 0.2) is 42.5 Å². The van der Waals surface area contributed by atoms with Crippen LogP contribution in [0.25, 0.3) is 0 Å². The molecule has 2 aromatic carbocycles. The second-order valence-electron chi connectivity index (χ2n) is 5.19. The molecule has 2 rings (SSSR count). The summed E-state index contributed by atoms with van der Waals surface area (Å²) >= 11 is 0. The number of hydrogen-bond donors (Lipinski definition) is 1. The first kappa shape index (κ1) is 14.5. The largest absolute Gasteiger partial charge is 0.494 e. The van der Waals surface area contributed by atoms with E-state index in [1.807, 2.05) is 12.1 Å². The highest BCUT2D eigenvalue weighted by Gasteiger charge is 2.12. The molecule has 0 amide bonds. The third-order valence-corrected chi connectivity index (χ3v) is 3.50. The molecule has 1 atom stereocenters. The van der Waals surface area contributed by atoms with E-state index >= 15 is 0 Å². The Bertz CT molecular complexity index is 578. The van der Waals surface area contributed by atoms with Gasteiger partial charge in [0.05, 0.1) is 13.2 Å². The Morgan fingerprint density at radius 2 is 1.50 bits per heavy atom. The van der Waals surface area contributed by atoms with Crippen molar-refractivity contribution in [3.63, 3.8) is 0 Å². The monoisotopic (exact) mass is 273 g/mol. The molecule has 0 fully saturated rings. The first-order valence-electron chi connectivity index (χ1n) is 6.71. The van der Waals surface area contributed by atoms with Crippen molar-refractivity contribution in [3.05, 3.63) is 65.0 Å². The van der Waals surface area contributed by atoms with Crippen LogP contribution >= 0.6 is 0 Å². The molecule has 3 heteroatoms. The standard InChI is InChI=1S/C17H20FNO/c1-11(2)12-4-6-13(7-5-12)17(19)14-8-9-16(20-3)15(18)10-14/h4-11,17H,19H2,1-3H3. The Kier molecular flexibility index (Phi) is 4.40. The summed E-state index contributed by atoms with van der Waals surface area (Å²) in [5.74, 6) is 0.328. The number of benzene rings is 2. The van der Waals surface area contributed by atoms with Crippen LogP contribution in [-0.4, -0.2) is 7.11 Å². The van der Waals surface area contributed by atoms with Crippen molar-refractivity contribution in [2.75, 3.05) is 7.11 Å². The lowest BCUT2D eigenvalue weighted by molar-refractivity contribution is 0.386. The molecular weight excluding hydrogens is 253 g/mol.